The molecule has 0 aromatic rings. The highest BCUT2D eigenvalue weighted by Gasteiger charge is 2.08. The van der Waals surface area contributed by atoms with Crippen LogP contribution < -0.4 is 5.32 Å². The molecule has 18 heavy (non-hydrogen) atoms. The fraction of sp³-hybridized carbons (Fsp3) is 1.00. The molecule has 0 aromatic heterocycles. The average Bonchev–Trinajstić information content (AvgIpc) is 2.29. The van der Waals surface area contributed by atoms with E-state index >= 15 is 0 Å². The Labute approximate surface area is 115 Å². The van der Waals surface area contributed by atoms with E-state index in [0.717, 1.165) is 5.92 Å². The minimum atomic E-state index is 0.683. The van der Waals surface area contributed by atoms with Crippen LogP contribution in [0.25, 0.3) is 0 Å². The summed E-state index contributed by atoms with van der Waals surface area (Å²) in [6.45, 7) is 12.0. The highest BCUT2D eigenvalue weighted by Crippen LogP contribution is 2.10. The third-order valence-corrected chi connectivity index (χ3v) is 4.05. The van der Waals surface area contributed by atoms with Gasteiger partial charge in [-0.25, -0.2) is 0 Å². The van der Waals surface area contributed by atoms with Crippen LogP contribution in [0.3, 0.4) is 0 Å². The number of hydrogen-bond acceptors (Lipinski definition) is 2. The van der Waals surface area contributed by atoms with Gasteiger partial charge in [-0.15, -0.1) is 0 Å². The van der Waals surface area contributed by atoms with Crippen LogP contribution in [0.15, 0.2) is 0 Å². The molecular formula is C16H34N2. The summed E-state index contributed by atoms with van der Waals surface area (Å²) < 4.78 is 0. The Morgan fingerprint density at radius 1 is 0.889 bits per heavy atom. The van der Waals surface area contributed by atoms with Gasteiger partial charge in [-0.2, -0.15) is 0 Å². The van der Waals surface area contributed by atoms with Gasteiger partial charge in [-0.3, -0.25) is 0 Å². The molecule has 1 aliphatic heterocycles. The summed E-state index contributed by atoms with van der Waals surface area (Å²) in [7, 11) is 0. The fourth-order valence-corrected chi connectivity index (χ4v) is 2.69. The van der Waals surface area contributed by atoms with E-state index < -0.39 is 0 Å². The lowest BCUT2D eigenvalue weighted by molar-refractivity contribution is 0.243. The maximum Gasteiger partial charge on any atom is 0.0107 e. The van der Waals surface area contributed by atoms with Gasteiger partial charge in [0.1, 0.15) is 0 Å². The van der Waals surface area contributed by atoms with Crippen molar-refractivity contribution in [3.63, 3.8) is 0 Å². The molecule has 1 atom stereocenters. The Balaban J connectivity index is 2.04. The summed E-state index contributed by atoms with van der Waals surface area (Å²) in [5.74, 6) is 0.837. The molecule has 0 aromatic carbocycles. The van der Waals surface area contributed by atoms with Gasteiger partial charge < -0.3 is 10.2 Å². The second-order valence-electron chi connectivity index (χ2n) is 6.44. The van der Waals surface area contributed by atoms with Crippen molar-refractivity contribution in [1.29, 1.82) is 0 Å². The Bertz CT molecular complexity index is 184. The fourth-order valence-electron chi connectivity index (χ4n) is 2.69. The number of hydrogen-bond donors (Lipinski definition) is 1. The van der Waals surface area contributed by atoms with Gasteiger partial charge in [0.25, 0.3) is 0 Å². The van der Waals surface area contributed by atoms with Crippen molar-refractivity contribution in [2.75, 3.05) is 26.2 Å². The molecule has 1 unspecified atom stereocenters. The molecule has 1 saturated heterocycles. The van der Waals surface area contributed by atoms with Gasteiger partial charge in [-0.1, -0.05) is 33.1 Å². The Hall–Kier alpha value is -0.0800. The number of nitrogens with one attached hydrogen (secondary N) is 1. The SMILES string of the molecule is CC(C)CCC(C)NCCN1CCCCCCC1. The quantitative estimate of drug-likeness (QED) is 0.746. The van der Waals surface area contributed by atoms with Gasteiger partial charge in [0.05, 0.1) is 0 Å². The molecular weight excluding hydrogens is 220 g/mol. The van der Waals surface area contributed by atoms with Crippen LogP contribution in [-0.4, -0.2) is 37.1 Å². The minimum absolute atomic E-state index is 0.683. The van der Waals surface area contributed by atoms with Crippen LogP contribution in [-0.2, 0) is 0 Å². The number of rotatable bonds is 7. The van der Waals surface area contributed by atoms with Crippen molar-refractivity contribution < 1.29 is 0 Å². The molecule has 1 N–H and O–H groups in total. The molecule has 1 fully saturated rings. The zero-order chi connectivity index (χ0) is 13.2. The van der Waals surface area contributed by atoms with E-state index in [1.807, 2.05) is 0 Å². The first-order valence-corrected chi connectivity index (χ1v) is 8.14. The zero-order valence-corrected chi connectivity index (χ0v) is 12.9. The number of likely N-dealkylation sites (tertiary alicyclic amines) is 1. The maximum atomic E-state index is 3.68. The highest BCUT2D eigenvalue weighted by atomic mass is 15.1. The molecule has 0 spiro atoms. The average molecular weight is 254 g/mol. The molecule has 1 aliphatic rings. The van der Waals surface area contributed by atoms with E-state index in [0.29, 0.717) is 6.04 Å². The van der Waals surface area contributed by atoms with Crippen LogP contribution in [0.1, 0.15) is 65.7 Å². The highest BCUT2D eigenvalue weighted by molar-refractivity contribution is 4.67. The van der Waals surface area contributed by atoms with Crippen molar-refractivity contribution in [3.05, 3.63) is 0 Å². The zero-order valence-electron chi connectivity index (χ0n) is 12.9. The molecule has 0 saturated carbocycles. The van der Waals surface area contributed by atoms with Gasteiger partial charge >= 0.3 is 0 Å². The summed E-state index contributed by atoms with van der Waals surface area (Å²) in [6.07, 6.45) is 9.81. The van der Waals surface area contributed by atoms with E-state index in [1.54, 1.807) is 0 Å². The van der Waals surface area contributed by atoms with Gasteiger partial charge in [0, 0.05) is 19.1 Å². The second kappa shape index (κ2) is 9.80. The van der Waals surface area contributed by atoms with Crippen molar-refractivity contribution in [2.24, 2.45) is 5.92 Å². The van der Waals surface area contributed by atoms with E-state index in [2.05, 4.69) is 31.0 Å². The predicted molar refractivity (Wildman–Crippen MR) is 81.1 cm³/mol. The standard InChI is InChI=1S/C16H34N2/c1-15(2)9-10-16(3)17-11-14-18-12-7-5-4-6-8-13-18/h15-17H,4-14H2,1-3H3. The molecule has 0 amide bonds. The normalized spacial score (nSPS) is 20.7. The molecule has 2 nitrogen and oxygen atoms in total. The van der Waals surface area contributed by atoms with Crippen LogP contribution in [0.5, 0.6) is 0 Å². The van der Waals surface area contributed by atoms with Gasteiger partial charge in [0.2, 0.25) is 0 Å². The van der Waals surface area contributed by atoms with Crippen LogP contribution in [0.4, 0.5) is 0 Å². The molecule has 108 valence electrons. The molecule has 1 rings (SSSR count). The lowest BCUT2D eigenvalue weighted by Gasteiger charge is -2.25. The van der Waals surface area contributed by atoms with Crippen LogP contribution >= 0.6 is 0 Å². The van der Waals surface area contributed by atoms with E-state index in [-0.39, 0.29) is 0 Å². The first-order chi connectivity index (χ1) is 8.68. The van der Waals surface area contributed by atoms with Crippen molar-refractivity contribution in [1.82, 2.24) is 10.2 Å². The molecule has 0 bridgehead atoms. The van der Waals surface area contributed by atoms with Crippen LogP contribution in [0, 0.1) is 5.92 Å². The van der Waals surface area contributed by atoms with Crippen LogP contribution in [0.2, 0.25) is 0 Å². The lowest BCUT2D eigenvalue weighted by Crippen LogP contribution is -2.37. The first-order valence-electron chi connectivity index (χ1n) is 8.14. The molecule has 1 heterocycles. The van der Waals surface area contributed by atoms with Crippen molar-refractivity contribution in [3.8, 4) is 0 Å². The summed E-state index contributed by atoms with van der Waals surface area (Å²) in [5.41, 5.74) is 0. The van der Waals surface area contributed by atoms with E-state index in [4.69, 9.17) is 0 Å². The smallest absolute Gasteiger partial charge is 0.0107 e. The third kappa shape index (κ3) is 8.10. The predicted octanol–water partition coefficient (Wildman–Crippen LogP) is 3.67. The molecule has 0 radical (unpaired) electrons. The van der Waals surface area contributed by atoms with E-state index in [1.165, 1.54) is 71.1 Å². The summed E-state index contributed by atoms with van der Waals surface area (Å²) in [5, 5.41) is 3.68. The summed E-state index contributed by atoms with van der Waals surface area (Å²) in [6, 6.07) is 0.683. The topological polar surface area (TPSA) is 15.3 Å². The second-order valence-corrected chi connectivity index (χ2v) is 6.44. The lowest BCUT2D eigenvalue weighted by atomic mass is 10.0. The first kappa shape index (κ1) is 16.0. The third-order valence-electron chi connectivity index (χ3n) is 4.05. The Morgan fingerprint density at radius 3 is 2.11 bits per heavy atom. The largest absolute Gasteiger partial charge is 0.313 e. The monoisotopic (exact) mass is 254 g/mol. The van der Waals surface area contributed by atoms with Crippen molar-refractivity contribution >= 4 is 0 Å². The maximum absolute atomic E-state index is 3.68. The summed E-state index contributed by atoms with van der Waals surface area (Å²) >= 11 is 0. The van der Waals surface area contributed by atoms with E-state index in [9.17, 15) is 0 Å². The molecule has 0 aliphatic carbocycles. The molecule has 2 heteroatoms. The van der Waals surface area contributed by atoms with Gasteiger partial charge in [0.15, 0.2) is 0 Å². The number of nitrogens with zero attached hydrogens (tertiary/aromatic N) is 1. The van der Waals surface area contributed by atoms with Gasteiger partial charge in [-0.05, 0) is 51.6 Å². The Morgan fingerprint density at radius 2 is 1.50 bits per heavy atom. The summed E-state index contributed by atoms with van der Waals surface area (Å²) in [4.78, 5) is 2.65. The minimum Gasteiger partial charge on any atom is -0.313 e. The van der Waals surface area contributed by atoms with Crippen molar-refractivity contribution in [2.45, 2.75) is 71.8 Å². The Kier molecular flexibility index (Phi) is 8.70.